The van der Waals surface area contributed by atoms with Gasteiger partial charge in [-0.25, -0.2) is 29.9 Å². The molecule has 15 nitrogen and oxygen atoms in total. The van der Waals surface area contributed by atoms with Crippen LogP contribution < -0.4 is 0 Å². The van der Waals surface area contributed by atoms with Gasteiger partial charge in [0, 0.05) is 102 Å². The highest BCUT2D eigenvalue weighted by molar-refractivity contribution is 6.22. The number of hydrogen-bond acceptors (Lipinski definition) is 11. The zero-order valence-electron chi connectivity index (χ0n) is 62.4. The van der Waals surface area contributed by atoms with Crippen molar-refractivity contribution in [1.29, 1.82) is 0 Å². The summed E-state index contributed by atoms with van der Waals surface area (Å²) in [6.07, 6.45) is 7.72. The van der Waals surface area contributed by atoms with E-state index in [4.69, 9.17) is 43.2 Å². The molecule has 548 valence electrons. The lowest BCUT2D eigenvalue weighted by molar-refractivity contribution is 0.622. The van der Waals surface area contributed by atoms with Crippen molar-refractivity contribution in [1.82, 2.24) is 58.0 Å². The van der Waals surface area contributed by atoms with E-state index in [1.165, 1.54) is 0 Å². The van der Waals surface area contributed by atoms with Crippen LogP contribution in [0.4, 0.5) is 0 Å². The van der Waals surface area contributed by atoms with Gasteiger partial charge in [0.2, 0.25) is 23.6 Å². The van der Waals surface area contributed by atoms with Crippen LogP contribution in [-0.2, 0) is 0 Å². The molecule has 25 rings (SSSR count). The van der Waals surface area contributed by atoms with Crippen molar-refractivity contribution in [2.45, 2.75) is 0 Å². The first-order chi connectivity index (χ1) is 58.0. The molecule has 0 amide bonds. The predicted octanol–water partition coefficient (Wildman–Crippen LogP) is 25.5. The van der Waals surface area contributed by atoms with Crippen molar-refractivity contribution < 1.29 is 13.3 Å². The molecule has 0 saturated heterocycles. The number of pyridine rings is 3. The number of fused-ring (bicyclic) bond motifs is 20. The maximum Gasteiger partial charge on any atom is 0.235 e. The Morgan fingerprint density at radius 2 is 0.735 bits per heavy atom. The largest absolute Gasteiger partial charge is 0.435 e. The first kappa shape index (κ1) is 66.5. The second-order valence-corrected chi connectivity index (χ2v) is 29.0. The van der Waals surface area contributed by atoms with Gasteiger partial charge in [0.15, 0.2) is 16.7 Å². The van der Waals surface area contributed by atoms with Crippen LogP contribution in [0, 0.1) is 0 Å². The van der Waals surface area contributed by atoms with E-state index in [0.717, 1.165) is 199 Å². The van der Waals surface area contributed by atoms with E-state index in [2.05, 4.69) is 228 Å². The summed E-state index contributed by atoms with van der Waals surface area (Å²) in [7, 11) is 0. The molecule has 15 heteroatoms. The van der Waals surface area contributed by atoms with Crippen LogP contribution >= 0.6 is 0 Å². The van der Waals surface area contributed by atoms with Gasteiger partial charge in [-0.2, -0.15) is 0 Å². The van der Waals surface area contributed by atoms with E-state index in [1.54, 1.807) is 0 Å². The lowest BCUT2D eigenvalue weighted by Crippen LogP contribution is -2.00. The van der Waals surface area contributed by atoms with Crippen molar-refractivity contribution in [2.24, 2.45) is 0 Å². The van der Waals surface area contributed by atoms with Gasteiger partial charge in [0.1, 0.15) is 22.2 Å². The SMILES string of the molecule is c1ccc(-c2nc3ccc4c(c5ccccc5n4-c4ccc(-c5nc6ccccn6c5-c5ccccc5)cc4)c3o2)cc1.c1ccc(-c2nc3ccc4c(c5ccccc5n4-c4cccc(-c5cnc6c(ccc7cccnc76)c5)c4)c3o2)cc1.c1ccc(-c2nc3ccc4c(c5ccccc5n4-c4ncc5ccccc5n4)c3o2)cc1. The lowest BCUT2D eigenvalue weighted by atomic mass is 10.0. The van der Waals surface area contributed by atoms with Crippen molar-refractivity contribution in [3.05, 3.63) is 377 Å². The Morgan fingerprint density at radius 3 is 1.32 bits per heavy atom. The fourth-order valence-corrected chi connectivity index (χ4v) is 16.8. The molecule has 0 radical (unpaired) electrons. The normalized spacial score (nSPS) is 11.8. The van der Waals surface area contributed by atoms with Gasteiger partial charge in [-0.15, -0.1) is 0 Å². The molecule has 0 unspecified atom stereocenters. The number of aromatic nitrogens is 12. The molecule has 0 aliphatic carbocycles. The summed E-state index contributed by atoms with van der Waals surface area (Å²) in [6, 6.07) is 120. The second kappa shape index (κ2) is 27.3. The Hall–Kier alpha value is -16.3. The van der Waals surface area contributed by atoms with Gasteiger partial charge >= 0.3 is 0 Å². The predicted molar refractivity (Wildman–Crippen MR) is 470 cm³/mol. The van der Waals surface area contributed by atoms with E-state index in [-0.39, 0.29) is 0 Å². The fourth-order valence-electron chi connectivity index (χ4n) is 16.8. The molecule has 0 atom stereocenters. The number of hydrogen-bond donors (Lipinski definition) is 0. The summed E-state index contributed by atoms with van der Waals surface area (Å²) in [5, 5.41) is 9.68. The molecule has 0 saturated carbocycles. The summed E-state index contributed by atoms with van der Waals surface area (Å²) < 4.78 is 28.1. The number of nitrogens with zero attached hydrogens (tertiary/aromatic N) is 12. The van der Waals surface area contributed by atoms with E-state index >= 15 is 0 Å². The smallest absolute Gasteiger partial charge is 0.235 e. The number of para-hydroxylation sites is 4. The molecule has 11 heterocycles. The third kappa shape index (κ3) is 11.2. The average molecular weight is 1500 g/mol. The summed E-state index contributed by atoms with van der Waals surface area (Å²) in [5.41, 5.74) is 26.4. The van der Waals surface area contributed by atoms with Crippen LogP contribution in [0.15, 0.2) is 390 Å². The van der Waals surface area contributed by atoms with Crippen LogP contribution in [0.1, 0.15) is 0 Å². The molecular weight excluding hydrogens is 1440 g/mol. The Morgan fingerprint density at radius 1 is 0.256 bits per heavy atom. The van der Waals surface area contributed by atoms with Crippen molar-refractivity contribution in [3.63, 3.8) is 0 Å². The number of benzene rings is 14. The third-order valence-corrected chi connectivity index (χ3v) is 22.1. The van der Waals surface area contributed by atoms with Crippen LogP contribution in [0.5, 0.6) is 0 Å². The van der Waals surface area contributed by atoms with Gasteiger partial charge in [-0.3, -0.25) is 18.9 Å². The van der Waals surface area contributed by atoms with Crippen molar-refractivity contribution >= 4 is 137 Å². The molecule has 11 aromatic heterocycles. The number of imidazole rings is 1. The van der Waals surface area contributed by atoms with E-state index in [0.29, 0.717) is 23.6 Å². The summed E-state index contributed by atoms with van der Waals surface area (Å²) in [5.74, 6) is 2.51. The summed E-state index contributed by atoms with van der Waals surface area (Å²) in [4.78, 5) is 38.4. The van der Waals surface area contributed by atoms with Gasteiger partial charge < -0.3 is 22.4 Å². The molecule has 0 aliphatic rings. The minimum absolute atomic E-state index is 0.617. The fraction of sp³-hybridized carbons (Fsp3) is 0. The van der Waals surface area contributed by atoms with Crippen LogP contribution in [0.2, 0.25) is 0 Å². The topological polar surface area (TPSA) is 162 Å². The summed E-state index contributed by atoms with van der Waals surface area (Å²) >= 11 is 0. The third-order valence-electron chi connectivity index (χ3n) is 22.1. The van der Waals surface area contributed by atoms with E-state index in [1.807, 2.05) is 176 Å². The van der Waals surface area contributed by atoms with Gasteiger partial charge in [0.05, 0.1) is 77.2 Å². The van der Waals surface area contributed by atoms with Gasteiger partial charge in [0.25, 0.3) is 0 Å². The van der Waals surface area contributed by atoms with Crippen molar-refractivity contribution in [2.75, 3.05) is 0 Å². The molecule has 0 N–H and O–H groups in total. The summed E-state index contributed by atoms with van der Waals surface area (Å²) in [6.45, 7) is 0. The first-order valence-electron chi connectivity index (χ1n) is 38.8. The Balaban J connectivity index is 0.000000104. The standard InChI is InChI=1S/C38H24N4O.C37H22N4O.C27H16N4O/c1-3-11-26(12-4-1)36-35(40-33-17-9-10-24-41(33)36)25-18-20-28(21-19-25)42-31-16-8-7-15-29(31)34-32(42)23-22-30-37(34)43-38(39-30)27-13-5-2-6-14-27;1-2-8-24(9-3-1)37-40-30-17-18-32-33(36(30)42-37)29-13-4-5-14-31(29)41(32)28-12-6-10-25(21-28)27-20-26-16-15-23-11-7-19-38-34(23)35(26)39-22-27;1-2-8-17(9-3-1)26-29-21-14-15-23-24(25(21)32-26)19-11-5-7-13-22(19)31(23)27-28-16-18-10-4-6-12-20(18)30-27/h1-24H;1-22H;1-16H. The molecule has 0 bridgehead atoms. The Labute approximate surface area is 666 Å². The molecule has 0 aliphatic heterocycles. The zero-order chi connectivity index (χ0) is 77.0. The average Bonchev–Trinajstić information content (AvgIpc) is 1.58. The minimum atomic E-state index is 0.617. The molecular formula is C102H62N12O3. The van der Waals surface area contributed by atoms with Crippen LogP contribution in [-0.4, -0.2) is 58.0 Å². The Bertz CT molecular complexity index is 8210. The quantitative estimate of drug-likeness (QED) is 0.126. The molecule has 14 aromatic carbocycles. The van der Waals surface area contributed by atoms with E-state index < -0.39 is 0 Å². The maximum absolute atomic E-state index is 6.45. The highest BCUT2D eigenvalue weighted by atomic mass is 16.4. The molecule has 25 aromatic rings. The van der Waals surface area contributed by atoms with Crippen LogP contribution in [0.25, 0.3) is 222 Å². The lowest BCUT2D eigenvalue weighted by Gasteiger charge is -2.11. The monoisotopic (exact) mass is 1500 g/mol. The van der Waals surface area contributed by atoms with Gasteiger partial charge in [-0.05, 0) is 151 Å². The second-order valence-electron chi connectivity index (χ2n) is 29.0. The molecule has 0 spiro atoms. The molecule has 117 heavy (non-hydrogen) atoms. The van der Waals surface area contributed by atoms with Crippen molar-refractivity contribution in [3.8, 4) is 85.3 Å². The Kier molecular flexibility index (Phi) is 15.5. The maximum atomic E-state index is 6.45. The zero-order valence-corrected chi connectivity index (χ0v) is 62.4. The highest BCUT2D eigenvalue weighted by Crippen LogP contribution is 2.44. The first-order valence-corrected chi connectivity index (χ1v) is 38.8. The van der Waals surface area contributed by atoms with E-state index in [9.17, 15) is 0 Å². The molecule has 0 fully saturated rings. The number of rotatable bonds is 9. The highest BCUT2D eigenvalue weighted by Gasteiger charge is 2.25. The van der Waals surface area contributed by atoms with Gasteiger partial charge in [-0.1, -0.05) is 206 Å². The van der Waals surface area contributed by atoms with Crippen LogP contribution in [0.3, 0.4) is 0 Å². The minimum Gasteiger partial charge on any atom is -0.435 e. The number of oxazole rings is 3.